The molecular formula is C11H7BrN4. The van der Waals surface area contributed by atoms with Crippen molar-refractivity contribution in [2.45, 2.75) is 0 Å². The fraction of sp³-hybridized carbons (Fsp3) is 0. The van der Waals surface area contributed by atoms with Crippen LogP contribution in [0.4, 0.5) is 0 Å². The van der Waals surface area contributed by atoms with Gasteiger partial charge in [0.25, 0.3) is 0 Å². The third-order valence-electron chi connectivity index (χ3n) is 2.33. The molecule has 0 spiro atoms. The molecule has 5 heteroatoms. The fourth-order valence-corrected chi connectivity index (χ4v) is 1.99. The molecule has 0 aliphatic heterocycles. The highest BCUT2D eigenvalue weighted by Gasteiger charge is 2.08. The average molecular weight is 275 g/mol. The maximum absolute atomic E-state index is 4.32. The lowest BCUT2D eigenvalue weighted by molar-refractivity contribution is 0.859. The van der Waals surface area contributed by atoms with Crippen molar-refractivity contribution < 1.29 is 0 Å². The van der Waals surface area contributed by atoms with Gasteiger partial charge in [-0.2, -0.15) is 5.10 Å². The number of para-hydroxylation sites is 1. The molecule has 0 saturated heterocycles. The van der Waals surface area contributed by atoms with Gasteiger partial charge in [-0.15, -0.1) is 0 Å². The van der Waals surface area contributed by atoms with Gasteiger partial charge < -0.3 is 0 Å². The van der Waals surface area contributed by atoms with Crippen LogP contribution >= 0.6 is 15.9 Å². The topological polar surface area (TPSA) is 43.6 Å². The molecule has 0 saturated carbocycles. The highest BCUT2D eigenvalue weighted by molar-refractivity contribution is 9.10. The summed E-state index contributed by atoms with van der Waals surface area (Å²) < 4.78 is 2.62. The zero-order valence-electron chi connectivity index (χ0n) is 8.21. The number of benzene rings is 1. The van der Waals surface area contributed by atoms with E-state index in [-0.39, 0.29) is 0 Å². The van der Waals surface area contributed by atoms with Crippen molar-refractivity contribution in [2.75, 3.05) is 0 Å². The van der Waals surface area contributed by atoms with Crippen LogP contribution in [0.5, 0.6) is 0 Å². The second kappa shape index (κ2) is 3.68. The Hall–Kier alpha value is -1.75. The van der Waals surface area contributed by atoms with Crippen molar-refractivity contribution >= 4 is 26.8 Å². The molecule has 3 rings (SSSR count). The van der Waals surface area contributed by atoms with Crippen LogP contribution in [-0.4, -0.2) is 19.7 Å². The molecule has 0 bridgehead atoms. The summed E-state index contributed by atoms with van der Waals surface area (Å²) in [6.07, 6.45) is 5.04. The van der Waals surface area contributed by atoms with Gasteiger partial charge in [0.15, 0.2) is 5.82 Å². The van der Waals surface area contributed by atoms with Gasteiger partial charge in [0.1, 0.15) is 6.33 Å². The molecule has 2 heterocycles. The molecule has 0 aliphatic carbocycles. The number of rotatable bonds is 1. The van der Waals surface area contributed by atoms with Crippen LogP contribution in [-0.2, 0) is 0 Å². The van der Waals surface area contributed by atoms with Crippen LogP contribution in [0.2, 0.25) is 0 Å². The van der Waals surface area contributed by atoms with Crippen molar-refractivity contribution in [2.24, 2.45) is 0 Å². The molecule has 0 radical (unpaired) electrons. The molecule has 0 amide bonds. The zero-order chi connectivity index (χ0) is 11.0. The van der Waals surface area contributed by atoms with E-state index in [2.05, 4.69) is 31.0 Å². The van der Waals surface area contributed by atoms with Crippen molar-refractivity contribution in [1.82, 2.24) is 19.7 Å². The van der Waals surface area contributed by atoms with Crippen molar-refractivity contribution in [1.29, 1.82) is 0 Å². The molecule has 0 atom stereocenters. The molecule has 2 aromatic heterocycles. The normalized spacial score (nSPS) is 10.8. The molecule has 0 fully saturated rings. The number of halogens is 1. The minimum atomic E-state index is 0.746. The lowest BCUT2D eigenvalue weighted by Gasteiger charge is -2.03. The number of fused-ring (bicyclic) bond motifs is 1. The quantitative estimate of drug-likeness (QED) is 0.685. The number of nitrogens with zero attached hydrogens (tertiary/aromatic N) is 4. The summed E-state index contributed by atoms with van der Waals surface area (Å²) in [6.45, 7) is 0. The zero-order valence-corrected chi connectivity index (χ0v) is 9.79. The van der Waals surface area contributed by atoms with E-state index in [1.807, 2.05) is 30.5 Å². The minimum Gasteiger partial charge on any atom is -0.243 e. The van der Waals surface area contributed by atoms with E-state index in [0.717, 1.165) is 21.2 Å². The highest BCUT2D eigenvalue weighted by atomic mass is 79.9. The third kappa shape index (κ3) is 1.40. The maximum atomic E-state index is 4.32. The van der Waals surface area contributed by atoms with Gasteiger partial charge in [-0.1, -0.05) is 18.2 Å². The highest BCUT2D eigenvalue weighted by Crippen LogP contribution is 2.21. The van der Waals surface area contributed by atoms with Crippen molar-refractivity contribution in [3.8, 4) is 5.82 Å². The SMILES string of the molecule is Brc1cncnc1-n1ncc2ccccc21. The van der Waals surface area contributed by atoms with Crippen LogP contribution in [0.1, 0.15) is 0 Å². The first-order valence-electron chi connectivity index (χ1n) is 4.75. The predicted octanol–water partition coefficient (Wildman–Crippen LogP) is 2.58. The Bertz CT molecular complexity index is 647. The number of hydrogen-bond acceptors (Lipinski definition) is 3. The molecule has 0 N–H and O–H groups in total. The van der Waals surface area contributed by atoms with Crippen molar-refractivity contribution in [3.05, 3.63) is 47.5 Å². The molecule has 16 heavy (non-hydrogen) atoms. The van der Waals surface area contributed by atoms with E-state index in [1.54, 1.807) is 10.9 Å². The van der Waals surface area contributed by atoms with Gasteiger partial charge in [-0.05, 0) is 22.0 Å². The molecule has 0 aliphatic rings. The van der Waals surface area contributed by atoms with E-state index in [9.17, 15) is 0 Å². The predicted molar refractivity (Wildman–Crippen MR) is 64.4 cm³/mol. The lowest BCUT2D eigenvalue weighted by Crippen LogP contribution is -2.00. The molecule has 4 nitrogen and oxygen atoms in total. The molecule has 1 aromatic carbocycles. The minimum absolute atomic E-state index is 0.746. The molecule has 3 aromatic rings. The van der Waals surface area contributed by atoms with Gasteiger partial charge >= 0.3 is 0 Å². The molecule has 78 valence electrons. The molecule has 0 unspecified atom stereocenters. The first-order chi connectivity index (χ1) is 7.86. The first kappa shape index (κ1) is 9.47. The van der Waals surface area contributed by atoms with E-state index < -0.39 is 0 Å². The summed E-state index contributed by atoms with van der Waals surface area (Å²) in [6, 6.07) is 8.00. The van der Waals surface area contributed by atoms with Crippen LogP contribution in [0.15, 0.2) is 47.5 Å². The smallest absolute Gasteiger partial charge is 0.171 e. The largest absolute Gasteiger partial charge is 0.243 e. The van der Waals surface area contributed by atoms with Gasteiger partial charge in [0.05, 0.1) is 16.2 Å². The Balaban J connectivity index is 2.31. The van der Waals surface area contributed by atoms with Gasteiger partial charge in [-0.3, -0.25) is 0 Å². The standard InChI is InChI=1S/C11H7BrN4/c12-9-6-13-7-14-11(9)16-10-4-2-1-3-8(10)5-15-16/h1-7H. The number of hydrogen-bond donors (Lipinski definition) is 0. The Morgan fingerprint density at radius 1 is 1.12 bits per heavy atom. The van der Waals surface area contributed by atoms with Gasteiger partial charge in [0.2, 0.25) is 0 Å². The van der Waals surface area contributed by atoms with E-state index in [4.69, 9.17) is 0 Å². The Morgan fingerprint density at radius 2 is 2.00 bits per heavy atom. The van der Waals surface area contributed by atoms with Crippen molar-refractivity contribution in [3.63, 3.8) is 0 Å². The van der Waals surface area contributed by atoms with Crippen LogP contribution in [0.3, 0.4) is 0 Å². The Morgan fingerprint density at radius 3 is 2.88 bits per heavy atom. The first-order valence-corrected chi connectivity index (χ1v) is 5.54. The van der Waals surface area contributed by atoms with Crippen LogP contribution in [0.25, 0.3) is 16.7 Å². The second-order valence-electron chi connectivity index (χ2n) is 3.31. The molecular weight excluding hydrogens is 268 g/mol. The van der Waals surface area contributed by atoms with E-state index >= 15 is 0 Å². The summed E-state index contributed by atoms with van der Waals surface area (Å²) in [5, 5.41) is 5.41. The lowest BCUT2D eigenvalue weighted by atomic mass is 10.2. The third-order valence-corrected chi connectivity index (χ3v) is 2.89. The second-order valence-corrected chi connectivity index (χ2v) is 4.16. The van der Waals surface area contributed by atoms with Gasteiger partial charge in [-0.25, -0.2) is 14.6 Å². The van der Waals surface area contributed by atoms with E-state index in [0.29, 0.717) is 0 Å². The van der Waals surface area contributed by atoms with Gasteiger partial charge in [0, 0.05) is 11.6 Å². The van der Waals surface area contributed by atoms with Crippen LogP contribution < -0.4 is 0 Å². The summed E-state index contributed by atoms with van der Waals surface area (Å²) in [7, 11) is 0. The maximum Gasteiger partial charge on any atom is 0.171 e. The summed E-state index contributed by atoms with van der Waals surface area (Å²) in [5.41, 5.74) is 1.03. The summed E-state index contributed by atoms with van der Waals surface area (Å²) in [4.78, 5) is 8.15. The van der Waals surface area contributed by atoms with E-state index in [1.165, 1.54) is 6.33 Å². The monoisotopic (exact) mass is 274 g/mol. The Labute approximate surface area is 100 Å². The summed E-state index contributed by atoms with van der Waals surface area (Å²) >= 11 is 3.42. The van der Waals surface area contributed by atoms with Crippen LogP contribution in [0, 0.1) is 0 Å². The summed E-state index contributed by atoms with van der Waals surface area (Å²) in [5.74, 6) is 0.746. The number of aromatic nitrogens is 4. The fourth-order valence-electron chi connectivity index (χ4n) is 1.60. The Kier molecular flexibility index (Phi) is 2.18. The average Bonchev–Trinajstić information content (AvgIpc) is 2.74.